The molecule has 0 aromatic heterocycles. The highest BCUT2D eigenvalue weighted by molar-refractivity contribution is 4.92. The third-order valence-corrected chi connectivity index (χ3v) is 7.68. The van der Waals surface area contributed by atoms with Gasteiger partial charge in [0, 0.05) is 12.6 Å². The highest BCUT2D eigenvalue weighted by atomic mass is 15.1. The van der Waals surface area contributed by atoms with Crippen LogP contribution in [0.1, 0.15) is 78.1 Å². The van der Waals surface area contributed by atoms with E-state index >= 15 is 0 Å². The molecule has 2 saturated carbocycles. The van der Waals surface area contributed by atoms with Crippen molar-refractivity contribution in [3.05, 3.63) is 0 Å². The van der Waals surface area contributed by atoms with Gasteiger partial charge in [-0.1, -0.05) is 13.8 Å². The van der Waals surface area contributed by atoms with E-state index in [1.807, 2.05) is 0 Å². The van der Waals surface area contributed by atoms with Crippen LogP contribution in [0.5, 0.6) is 0 Å². The van der Waals surface area contributed by atoms with E-state index in [1.165, 1.54) is 83.8 Å². The van der Waals surface area contributed by atoms with E-state index in [2.05, 4.69) is 31.1 Å². The summed E-state index contributed by atoms with van der Waals surface area (Å²) in [5.74, 6) is 2.88. The largest absolute Gasteiger partial charge is 0.317 e. The summed E-state index contributed by atoms with van der Waals surface area (Å²) in [6, 6.07) is 0.873. The molecule has 23 heavy (non-hydrogen) atoms. The third-order valence-electron chi connectivity index (χ3n) is 7.68. The number of nitrogens with one attached hydrogen (secondary N) is 1. The predicted molar refractivity (Wildman–Crippen MR) is 99.7 cm³/mol. The fourth-order valence-electron chi connectivity index (χ4n) is 5.71. The molecule has 0 amide bonds. The first-order valence-electron chi connectivity index (χ1n) is 10.5. The van der Waals surface area contributed by atoms with Crippen molar-refractivity contribution >= 4 is 0 Å². The first kappa shape index (κ1) is 17.7. The zero-order valence-corrected chi connectivity index (χ0v) is 15.9. The summed E-state index contributed by atoms with van der Waals surface area (Å²) >= 11 is 0. The monoisotopic (exact) mass is 320 g/mol. The van der Waals surface area contributed by atoms with Gasteiger partial charge in [-0.15, -0.1) is 0 Å². The van der Waals surface area contributed by atoms with E-state index < -0.39 is 0 Å². The second-order valence-electron chi connectivity index (χ2n) is 9.45. The molecule has 3 fully saturated rings. The molecule has 1 N–H and O–H groups in total. The summed E-state index contributed by atoms with van der Waals surface area (Å²) < 4.78 is 0. The molecule has 134 valence electrons. The fraction of sp³-hybridized carbons (Fsp3) is 1.00. The Kier molecular flexibility index (Phi) is 6.07. The minimum atomic E-state index is 0.720. The average molecular weight is 321 g/mol. The van der Waals surface area contributed by atoms with Crippen LogP contribution in [0.15, 0.2) is 0 Å². The zero-order chi connectivity index (χ0) is 16.3. The molecule has 0 aromatic rings. The van der Waals surface area contributed by atoms with Gasteiger partial charge in [0.05, 0.1) is 0 Å². The molecule has 1 spiro atoms. The Bertz CT molecular complexity index is 341. The fourth-order valence-corrected chi connectivity index (χ4v) is 5.71. The average Bonchev–Trinajstić information content (AvgIpc) is 2.56. The van der Waals surface area contributed by atoms with Gasteiger partial charge in [0.25, 0.3) is 0 Å². The standard InChI is InChI=1S/C21H40N2/c1-17(2)19-6-4-18(5-7-19)16-23(3)20-8-10-21(11-9-20)12-14-22-15-13-21/h17-20,22H,4-16H2,1-3H3. The minimum Gasteiger partial charge on any atom is -0.317 e. The Morgan fingerprint density at radius 1 is 0.913 bits per heavy atom. The third kappa shape index (κ3) is 4.51. The Balaban J connectivity index is 1.40. The van der Waals surface area contributed by atoms with Crippen LogP contribution in [-0.2, 0) is 0 Å². The highest BCUT2D eigenvalue weighted by Crippen LogP contribution is 2.44. The van der Waals surface area contributed by atoms with Crippen molar-refractivity contribution in [3.63, 3.8) is 0 Å². The zero-order valence-electron chi connectivity index (χ0n) is 15.9. The number of nitrogens with zero attached hydrogens (tertiary/aromatic N) is 1. The van der Waals surface area contributed by atoms with Crippen molar-refractivity contribution in [1.82, 2.24) is 10.2 Å². The molecule has 0 bridgehead atoms. The van der Waals surface area contributed by atoms with Crippen LogP contribution in [0.2, 0.25) is 0 Å². The molecule has 0 atom stereocenters. The van der Waals surface area contributed by atoms with Gasteiger partial charge in [0.15, 0.2) is 0 Å². The second kappa shape index (κ2) is 7.87. The van der Waals surface area contributed by atoms with Crippen molar-refractivity contribution < 1.29 is 0 Å². The molecule has 3 aliphatic rings. The molecule has 2 heteroatoms. The smallest absolute Gasteiger partial charge is 0.00927 e. The van der Waals surface area contributed by atoms with Crippen molar-refractivity contribution in [1.29, 1.82) is 0 Å². The molecule has 1 aliphatic heterocycles. The van der Waals surface area contributed by atoms with Crippen molar-refractivity contribution in [2.45, 2.75) is 84.1 Å². The predicted octanol–water partition coefficient (Wildman–Crippen LogP) is 4.69. The lowest BCUT2D eigenvalue weighted by Crippen LogP contribution is -2.44. The molecule has 0 aromatic carbocycles. The second-order valence-corrected chi connectivity index (χ2v) is 9.45. The van der Waals surface area contributed by atoms with Crippen LogP contribution in [0, 0.1) is 23.2 Å². The first-order chi connectivity index (χ1) is 11.1. The first-order valence-corrected chi connectivity index (χ1v) is 10.5. The maximum Gasteiger partial charge on any atom is 0.00927 e. The normalized spacial score (nSPS) is 32.7. The van der Waals surface area contributed by atoms with Gasteiger partial charge < -0.3 is 10.2 Å². The van der Waals surface area contributed by atoms with Crippen molar-refractivity contribution in [2.24, 2.45) is 23.2 Å². The van der Waals surface area contributed by atoms with Gasteiger partial charge in [0.1, 0.15) is 0 Å². The van der Waals surface area contributed by atoms with Crippen LogP contribution in [0.3, 0.4) is 0 Å². The lowest BCUT2D eigenvalue weighted by Gasteiger charge is -2.46. The van der Waals surface area contributed by atoms with Crippen LogP contribution in [0.25, 0.3) is 0 Å². The summed E-state index contributed by atoms with van der Waals surface area (Å²) in [6.45, 7) is 8.72. The number of piperidine rings is 1. The quantitative estimate of drug-likeness (QED) is 0.808. The summed E-state index contributed by atoms with van der Waals surface area (Å²) in [6.07, 6.45) is 14.7. The molecule has 0 unspecified atom stereocenters. The Morgan fingerprint density at radius 2 is 1.52 bits per heavy atom. The number of rotatable bonds is 4. The van der Waals surface area contributed by atoms with Crippen molar-refractivity contribution in [2.75, 3.05) is 26.7 Å². The number of hydrogen-bond acceptors (Lipinski definition) is 2. The summed E-state index contributed by atoms with van der Waals surface area (Å²) in [7, 11) is 2.42. The Morgan fingerprint density at radius 3 is 2.09 bits per heavy atom. The van der Waals surface area contributed by atoms with E-state index in [-0.39, 0.29) is 0 Å². The van der Waals surface area contributed by atoms with Crippen LogP contribution in [0.4, 0.5) is 0 Å². The maximum atomic E-state index is 3.55. The molecule has 2 aliphatic carbocycles. The van der Waals surface area contributed by atoms with E-state index in [4.69, 9.17) is 0 Å². The molecule has 3 rings (SSSR count). The van der Waals surface area contributed by atoms with Gasteiger partial charge in [0.2, 0.25) is 0 Å². The maximum absolute atomic E-state index is 3.55. The summed E-state index contributed by atoms with van der Waals surface area (Å²) in [4.78, 5) is 2.74. The Labute approximate surface area is 144 Å². The molecular weight excluding hydrogens is 280 g/mol. The van der Waals surface area contributed by atoms with Gasteiger partial charge in [-0.05, 0) is 108 Å². The minimum absolute atomic E-state index is 0.720. The lowest BCUT2D eigenvalue weighted by molar-refractivity contribution is 0.0641. The van der Waals surface area contributed by atoms with Gasteiger partial charge in [-0.2, -0.15) is 0 Å². The molecule has 0 radical (unpaired) electrons. The Hall–Kier alpha value is -0.0800. The SMILES string of the molecule is CC(C)C1CCC(CN(C)C2CCC3(CCNCC3)CC2)CC1. The number of hydrogen-bond donors (Lipinski definition) is 1. The molecular formula is C21H40N2. The topological polar surface area (TPSA) is 15.3 Å². The lowest BCUT2D eigenvalue weighted by atomic mass is 9.67. The van der Waals surface area contributed by atoms with Crippen LogP contribution in [-0.4, -0.2) is 37.6 Å². The van der Waals surface area contributed by atoms with E-state index in [1.54, 1.807) is 0 Å². The molecule has 1 heterocycles. The van der Waals surface area contributed by atoms with Crippen LogP contribution < -0.4 is 5.32 Å². The van der Waals surface area contributed by atoms with E-state index in [9.17, 15) is 0 Å². The van der Waals surface area contributed by atoms with Gasteiger partial charge in [-0.3, -0.25) is 0 Å². The van der Waals surface area contributed by atoms with Crippen LogP contribution >= 0.6 is 0 Å². The van der Waals surface area contributed by atoms with E-state index in [0.29, 0.717) is 0 Å². The van der Waals surface area contributed by atoms with Crippen molar-refractivity contribution in [3.8, 4) is 0 Å². The highest BCUT2D eigenvalue weighted by Gasteiger charge is 2.37. The van der Waals surface area contributed by atoms with Gasteiger partial charge in [-0.25, -0.2) is 0 Å². The van der Waals surface area contributed by atoms with Gasteiger partial charge >= 0.3 is 0 Å². The molecule has 2 nitrogen and oxygen atoms in total. The molecule has 1 saturated heterocycles. The summed E-state index contributed by atoms with van der Waals surface area (Å²) in [5, 5.41) is 3.55. The van der Waals surface area contributed by atoms with E-state index in [0.717, 1.165) is 29.2 Å². The summed E-state index contributed by atoms with van der Waals surface area (Å²) in [5.41, 5.74) is 0.720.